The summed E-state index contributed by atoms with van der Waals surface area (Å²) in [7, 11) is 0. The van der Waals surface area contributed by atoms with Crippen molar-refractivity contribution >= 4 is 11.8 Å². The first-order valence-corrected chi connectivity index (χ1v) is 8.18. The number of nitrogens with zero attached hydrogens (tertiary/aromatic N) is 1. The van der Waals surface area contributed by atoms with E-state index in [0.29, 0.717) is 13.1 Å². The third kappa shape index (κ3) is 3.87. The van der Waals surface area contributed by atoms with E-state index in [1.165, 1.54) is 0 Å². The molecule has 2 rings (SSSR count). The molecule has 1 unspecified atom stereocenters. The van der Waals surface area contributed by atoms with E-state index in [9.17, 15) is 9.59 Å². The number of hydrogen-bond donors (Lipinski definition) is 1. The average Bonchev–Trinajstić information content (AvgIpc) is 2.54. The van der Waals surface area contributed by atoms with Crippen LogP contribution in [0.25, 0.3) is 0 Å². The third-order valence-electron chi connectivity index (χ3n) is 4.53. The molecule has 0 aromatic heterocycles. The first-order valence-electron chi connectivity index (χ1n) is 8.18. The number of aryl methyl sites for hydroxylation is 1. The van der Waals surface area contributed by atoms with Gasteiger partial charge in [0.25, 0.3) is 5.91 Å². The van der Waals surface area contributed by atoms with Crippen LogP contribution >= 0.6 is 0 Å². The van der Waals surface area contributed by atoms with Gasteiger partial charge in [-0.1, -0.05) is 25.1 Å². The summed E-state index contributed by atoms with van der Waals surface area (Å²) in [5.74, 6) is 0.256. The van der Waals surface area contributed by atoms with Crippen molar-refractivity contribution in [1.29, 1.82) is 0 Å². The van der Waals surface area contributed by atoms with Crippen LogP contribution in [-0.4, -0.2) is 35.8 Å². The van der Waals surface area contributed by atoms with Crippen molar-refractivity contribution in [3.63, 3.8) is 0 Å². The molecule has 4 heteroatoms. The van der Waals surface area contributed by atoms with Crippen LogP contribution in [0.5, 0.6) is 0 Å². The molecule has 0 bridgehead atoms. The fraction of sp³-hybridized carbons (Fsp3) is 0.556. The lowest BCUT2D eigenvalue weighted by atomic mass is 9.94. The van der Waals surface area contributed by atoms with E-state index >= 15 is 0 Å². The molecule has 0 saturated carbocycles. The van der Waals surface area contributed by atoms with Crippen molar-refractivity contribution in [3.05, 3.63) is 35.4 Å². The molecule has 4 nitrogen and oxygen atoms in total. The van der Waals surface area contributed by atoms with Gasteiger partial charge in [0.2, 0.25) is 5.91 Å². The predicted octanol–water partition coefficient (Wildman–Crippen LogP) is 2.76. The standard InChI is InChI=1S/C18H26N2O2/c1-4-14(3)19-17(21)15-9-11-20(12-10-15)18(22)16-8-6-5-7-13(16)2/h5-8,14-15H,4,9-12H2,1-3H3,(H,19,21). The van der Waals surface area contributed by atoms with Gasteiger partial charge in [-0.15, -0.1) is 0 Å². The van der Waals surface area contributed by atoms with E-state index in [0.717, 1.165) is 30.4 Å². The van der Waals surface area contributed by atoms with E-state index in [4.69, 9.17) is 0 Å². The molecule has 0 aliphatic carbocycles. The fourth-order valence-corrected chi connectivity index (χ4v) is 2.79. The summed E-state index contributed by atoms with van der Waals surface area (Å²) in [5, 5.41) is 3.04. The van der Waals surface area contributed by atoms with Crippen molar-refractivity contribution < 1.29 is 9.59 Å². The van der Waals surface area contributed by atoms with Crippen LogP contribution in [0.15, 0.2) is 24.3 Å². The highest BCUT2D eigenvalue weighted by atomic mass is 16.2. The summed E-state index contributed by atoms with van der Waals surface area (Å²) in [6.45, 7) is 7.36. The van der Waals surface area contributed by atoms with Gasteiger partial charge < -0.3 is 10.2 Å². The Morgan fingerprint density at radius 2 is 1.91 bits per heavy atom. The lowest BCUT2D eigenvalue weighted by Crippen LogP contribution is -2.44. The maximum Gasteiger partial charge on any atom is 0.254 e. The summed E-state index contributed by atoms with van der Waals surface area (Å²) in [6, 6.07) is 7.89. The van der Waals surface area contributed by atoms with Gasteiger partial charge in [-0.25, -0.2) is 0 Å². The van der Waals surface area contributed by atoms with Crippen molar-refractivity contribution in [3.8, 4) is 0 Å². The molecule has 22 heavy (non-hydrogen) atoms. The van der Waals surface area contributed by atoms with Crippen molar-refractivity contribution in [1.82, 2.24) is 10.2 Å². The normalized spacial score (nSPS) is 17.1. The number of hydrogen-bond acceptors (Lipinski definition) is 2. The zero-order valence-corrected chi connectivity index (χ0v) is 13.8. The lowest BCUT2D eigenvalue weighted by Gasteiger charge is -2.32. The number of nitrogens with one attached hydrogen (secondary N) is 1. The van der Waals surface area contributed by atoms with Gasteiger partial charge in [-0.05, 0) is 44.7 Å². The molecule has 1 heterocycles. The number of likely N-dealkylation sites (tertiary alicyclic amines) is 1. The van der Waals surface area contributed by atoms with Crippen molar-refractivity contribution in [2.45, 2.75) is 46.1 Å². The van der Waals surface area contributed by atoms with Gasteiger partial charge in [-0.3, -0.25) is 9.59 Å². The number of rotatable bonds is 4. The average molecular weight is 302 g/mol. The Hall–Kier alpha value is -1.84. The molecule has 1 aliphatic heterocycles. The zero-order chi connectivity index (χ0) is 16.1. The highest BCUT2D eigenvalue weighted by Gasteiger charge is 2.28. The van der Waals surface area contributed by atoms with E-state index in [-0.39, 0.29) is 23.8 Å². The Morgan fingerprint density at radius 1 is 1.27 bits per heavy atom. The van der Waals surface area contributed by atoms with Gasteiger partial charge in [-0.2, -0.15) is 0 Å². The summed E-state index contributed by atoms with van der Waals surface area (Å²) in [5.41, 5.74) is 1.77. The molecule has 1 fully saturated rings. The van der Waals surface area contributed by atoms with Gasteiger partial charge in [0.1, 0.15) is 0 Å². The minimum atomic E-state index is 0.0370. The lowest BCUT2D eigenvalue weighted by molar-refractivity contribution is -0.126. The number of carbonyl (C=O) groups excluding carboxylic acids is 2. The van der Waals surface area contributed by atoms with E-state index in [1.54, 1.807) is 0 Å². The molecular formula is C18H26N2O2. The number of benzene rings is 1. The quantitative estimate of drug-likeness (QED) is 0.929. The molecule has 2 amide bonds. The Labute approximate surface area is 132 Å². The maximum absolute atomic E-state index is 12.5. The summed E-state index contributed by atoms with van der Waals surface area (Å²) >= 11 is 0. The van der Waals surface area contributed by atoms with Crippen molar-refractivity contribution in [2.24, 2.45) is 5.92 Å². The minimum Gasteiger partial charge on any atom is -0.353 e. The van der Waals surface area contributed by atoms with Crippen LogP contribution in [-0.2, 0) is 4.79 Å². The molecule has 1 aliphatic rings. The summed E-state index contributed by atoms with van der Waals surface area (Å²) < 4.78 is 0. The second kappa shape index (κ2) is 7.43. The fourth-order valence-electron chi connectivity index (χ4n) is 2.79. The molecule has 0 spiro atoms. The van der Waals surface area contributed by atoms with E-state index < -0.39 is 0 Å². The van der Waals surface area contributed by atoms with Gasteiger partial charge >= 0.3 is 0 Å². The smallest absolute Gasteiger partial charge is 0.254 e. The van der Waals surface area contributed by atoms with Crippen LogP contribution in [0.2, 0.25) is 0 Å². The van der Waals surface area contributed by atoms with Crippen LogP contribution < -0.4 is 5.32 Å². The Balaban J connectivity index is 1.91. The minimum absolute atomic E-state index is 0.0370. The SMILES string of the molecule is CCC(C)NC(=O)C1CCN(C(=O)c2ccccc2C)CC1. The molecule has 1 N–H and O–H groups in total. The summed E-state index contributed by atoms with van der Waals surface area (Å²) in [4.78, 5) is 26.6. The molecule has 1 aromatic carbocycles. The topological polar surface area (TPSA) is 49.4 Å². The first-order chi connectivity index (χ1) is 10.5. The van der Waals surface area contributed by atoms with Crippen LogP contribution in [0, 0.1) is 12.8 Å². The zero-order valence-electron chi connectivity index (χ0n) is 13.8. The first kappa shape index (κ1) is 16.5. The van der Waals surface area contributed by atoms with Gasteiger partial charge in [0, 0.05) is 30.6 Å². The molecule has 1 saturated heterocycles. The highest BCUT2D eigenvalue weighted by Crippen LogP contribution is 2.20. The van der Waals surface area contributed by atoms with E-state index in [2.05, 4.69) is 12.2 Å². The molecule has 0 radical (unpaired) electrons. The summed E-state index contributed by atoms with van der Waals surface area (Å²) in [6.07, 6.45) is 2.44. The second-order valence-corrected chi connectivity index (χ2v) is 6.20. The monoisotopic (exact) mass is 302 g/mol. The molecular weight excluding hydrogens is 276 g/mol. The maximum atomic E-state index is 12.5. The molecule has 1 atom stereocenters. The van der Waals surface area contributed by atoms with Crippen molar-refractivity contribution in [2.75, 3.05) is 13.1 Å². The highest BCUT2D eigenvalue weighted by molar-refractivity contribution is 5.95. The Kier molecular flexibility index (Phi) is 5.58. The molecule has 120 valence electrons. The Morgan fingerprint density at radius 3 is 2.50 bits per heavy atom. The number of carbonyl (C=O) groups is 2. The number of amides is 2. The largest absolute Gasteiger partial charge is 0.353 e. The van der Waals surface area contributed by atoms with Gasteiger partial charge in [0.15, 0.2) is 0 Å². The Bertz CT molecular complexity index is 534. The van der Waals surface area contributed by atoms with Crippen LogP contribution in [0.4, 0.5) is 0 Å². The van der Waals surface area contributed by atoms with Crippen LogP contribution in [0.3, 0.4) is 0 Å². The molecule has 1 aromatic rings. The second-order valence-electron chi connectivity index (χ2n) is 6.20. The third-order valence-corrected chi connectivity index (χ3v) is 4.53. The van der Waals surface area contributed by atoms with E-state index in [1.807, 2.05) is 43.0 Å². The number of piperidine rings is 1. The predicted molar refractivity (Wildman–Crippen MR) is 87.7 cm³/mol. The van der Waals surface area contributed by atoms with Gasteiger partial charge in [0.05, 0.1) is 0 Å². The van der Waals surface area contributed by atoms with Crippen LogP contribution in [0.1, 0.15) is 49.0 Å².